The first kappa shape index (κ1) is 21.3. The first-order chi connectivity index (χ1) is 14.8. The van der Waals surface area contributed by atoms with Crippen LogP contribution >= 0.6 is 0 Å². The molecule has 0 radical (unpaired) electrons. The highest BCUT2D eigenvalue weighted by Gasteiger charge is 2.15. The van der Waals surface area contributed by atoms with Crippen LogP contribution in [-0.4, -0.2) is 33.5 Å². The number of hydrogen-bond acceptors (Lipinski definition) is 7. The fourth-order valence-electron chi connectivity index (χ4n) is 2.50. The Morgan fingerprint density at radius 2 is 1.03 bits per heavy atom. The summed E-state index contributed by atoms with van der Waals surface area (Å²) >= 11 is 0. The number of hydrogen-bond donors (Lipinski definition) is 4. The average molecular weight is 420 g/mol. The average Bonchev–Trinajstić information content (AvgIpc) is 3.27. The summed E-state index contributed by atoms with van der Waals surface area (Å²) in [6.07, 6.45) is 0. The van der Waals surface area contributed by atoms with E-state index < -0.39 is 11.8 Å². The minimum atomic E-state index is -0.624. The molecule has 0 fully saturated rings. The van der Waals surface area contributed by atoms with Crippen LogP contribution in [-0.2, 0) is 0 Å². The van der Waals surface area contributed by atoms with Crippen molar-refractivity contribution in [3.63, 3.8) is 0 Å². The minimum Gasteiger partial charge on any atom is -0.508 e. The maximum Gasteiger partial charge on any atom is 0.307 e. The Morgan fingerprint density at radius 3 is 1.39 bits per heavy atom. The van der Waals surface area contributed by atoms with Crippen LogP contribution < -0.4 is 10.9 Å². The van der Waals surface area contributed by atoms with E-state index in [1.165, 1.54) is 36.4 Å². The molecule has 0 spiro atoms. The van der Waals surface area contributed by atoms with E-state index in [0.29, 0.717) is 11.4 Å². The van der Waals surface area contributed by atoms with Crippen LogP contribution in [0.25, 0.3) is 0 Å². The minimum absolute atomic E-state index is 0.0911. The van der Waals surface area contributed by atoms with Crippen LogP contribution in [0.15, 0.2) is 75.3 Å². The molecule has 0 bridgehead atoms. The molecule has 2 amide bonds. The maximum absolute atomic E-state index is 12.2. The molecular weight excluding hydrogens is 400 g/mol. The Hall–Kier alpha value is -4.40. The van der Waals surface area contributed by atoms with Crippen LogP contribution in [0.3, 0.4) is 0 Å². The highest BCUT2D eigenvalue weighted by Crippen LogP contribution is 2.12. The van der Waals surface area contributed by atoms with E-state index in [-0.39, 0.29) is 23.0 Å². The number of phenolic OH excluding ortho intramolecular Hbond substituents is 2. The standard InChI is InChI=1S/C22H20N4O5/c1-13(15-3-7-17(27)8-4-15)23-25-21(29)19-11-12-20(31-19)22(30)26-24-14(2)16-5-9-18(28)10-6-16/h3-12,27-28H,1-2H3,(H,25,29)(H,26,30). The van der Waals surface area contributed by atoms with E-state index in [2.05, 4.69) is 21.1 Å². The quantitative estimate of drug-likeness (QED) is 0.359. The first-order valence-electron chi connectivity index (χ1n) is 9.21. The third kappa shape index (κ3) is 5.57. The molecule has 0 aliphatic rings. The molecule has 3 aromatic rings. The molecule has 3 rings (SSSR count). The lowest BCUT2D eigenvalue weighted by atomic mass is 10.1. The summed E-state index contributed by atoms with van der Waals surface area (Å²) in [7, 11) is 0. The van der Waals surface area contributed by atoms with Crippen LogP contribution in [0.2, 0.25) is 0 Å². The number of amides is 2. The van der Waals surface area contributed by atoms with Gasteiger partial charge in [-0.3, -0.25) is 9.59 Å². The van der Waals surface area contributed by atoms with Crippen molar-refractivity contribution in [3.8, 4) is 11.5 Å². The smallest absolute Gasteiger partial charge is 0.307 e. The molecule has 0 aliphatic carbocycles. The van der Waals surface area contributed by atoms with Gasteiger partial charge in [0.05, 0.1) is 11.4 Å². The number of aromatic hydroxyl groups is 2. The van der Waals surface area contributed by atoms with Gasteiger partial charge in [0.1, 0.15) is 11.5 Å². The van der Waals surface area contributed by atoms with Crippen molar-refractivity contribution in [2.24, 2.45) is 10.2 Å². The van der Waals surface area contributed by atoms with E-state index in [0.717, 1.165) is 11.1 Å². The zero-order valence-electron chi connectivity index (χ0n) is 16.8. The summed E-state index contributed by atoms with van der Waals surface area (Å²) in [5.41, 5.74) is 7.20. The first-order valence-corrected chi connectivity index (χ1v) is 9.21. The van der Waals surface area contributed by atoms with Crippen LogP contribution in [0, 0.1) is 0 Å². The molecule has 9 heteroatoms. The maximum atomic E-state index is 12.2. The predicted molar refractivity (Wildman–Crippen MR) is 114 cm³/mol. The molecule has 0 saturated carbocycles. The van der Waals surface area contributed by atoms with Gasteiger partial charge in [0.15, 0.2) is 11.5 Å². The molecular formula is C22H20N4O5. The van der Waals surface area contributed by atoms with Gasteiger partial charge in [0, 0.05) is 0 Å². The second-order valence-electron chi connectivity index (χ2n) is 6.53. The molecule has 0 unspecified atom stereocenters. The summed E-state index contributed by atoms with van der Waals surface area (Å²) in [4.78, 5) is 24.4. The Balaban J connectivity index is 1.60. The lowest BCUT2D eigenvalue weighted by Gasteiger charge is -2.02. The second kappa shape index (κ2) is 9.40. The molecule has 9 nitrogen and oxygen atoms in total. The van der Waals surface area contributed by atoms with Gasteiger partial charge in [-0.1, -0.05) is 0 Å². The number of furan rings is 1. The Bertz CT molecular complexity index is 1060. The zero-order valence-corrected chi connectivity index (χ0v) is 16.8. The summed E-state index contributed by atoms with van der Waals surface area (Å²) in [6.45, 7) is 3.39. The van der Waals surface area contributed by atoms with E-state index >= 15 is 0 Å². The third-order valence-corrected chi connectivity index (χ3v) is 4.27. The Kier molecular flexibility index (Phi) is 6.46. The van der Waals surface area contributed by atoms with E-state index in [9.17, 15) is 19.8 Å². The number of carbonyl (C=O) groups is 2. The molecule has 31 heavy (non-hydrogen) atoms. The van der Waals surface area contributed by atoms with Crippen molar-refractivity contribution < 1.29 is 24.2 Å². The zero-order chi connectivity index (χ0) is 22.4. The summed E-state index contributed by atoms with van der Waals surface area (Å²) in [6, 6.07) is 15.4. The summed E-state index contributed by atoms with van der Waals surface area (Å²) in [5, 5.41) is 26.6. The molecule has 4 N–H and O–H groups in total. The third-order valence-electron chi connectivity index (χ3n) is 4.27. The van der Waals surface area contributed by atoms with Gasteiger partial charge < -0.3 is 14.6 Å². The number of nitrogens with zero attached hydrogens (tertiary/aromatic N) is 2. The number of hydrazone groups is 2. The lowest BCUT2D eigenvalue weighted by molar-refractivity contribution is 0.0902. The monoisotopic (exact) mass is 420 g/mol. The van der Waals surface area contributed by atoms with Crippen molar-refractivity contribution in [2.45, 2.75) is 13.8 Å². The van der Waals surface area contributed by atoms with E-state index in [1.54, 1.807) is 38.1 Å². The van der Waals surface area contributed by atoms with E-state index in [1.807, 2.05) is 0 Å². The van der Waals surface area contributed by atoms with Crippen molar-refractivity contribution in [1.29, 1.82) is 0 Å². The van der Waals surface area contributed by atoms with Gasteiger partial charge in [-0.2, -0.15) is 10.2 Å². The molecule has 158 valence electrons. The highest BCUT2D eigenvalue weighted by molar-refractivity contribution is 6.02. The number of phenols is 2. The topological polar surface area (TPSA) is 137 Å². The molecule has 0 atom stereocenters. The number of rotatable bonds is 6. The highest BCUT2D eigenvalue weighted by atomic mass is 16.4. The van der Waals surface area contributed by atoms with Gasteiger partial charge in [-0.15, -0.1) is 0 Å². The fourth-order valence-corrected chi connectivity index (χ4v) is 2.50. The number of carbonyl (C=O) groups excluding carboxylic acids is 2. The van der Waals surface area contributed by atoms with Gasteiger partial charge in [0.25, 0.3) is 0 Å². The Labute approximate surface area is 177 Å². The van der Waals surface area contributed by atoms with Gasteiger partial charge in [0.2, 0.25) is 0 Å². The number of benzene rings is 2. The van der Waals surface area contributed by atoms with Crippen molar-refractivity contribution in [3.05, 3.63) is 83.3 Å². The molecule has 2 aromatic carbocycles. The molecule has 1 aromatic heterocycles. The predicted octanol–water partition coefficient (Wildman–Crippen LogP) is 3.00. The van der Waals surface area contributed by atoms with Crippen LogP contribution in [0.5, 0.6) is 11.5 Å². The molecule has 0 aliphatic heterocycles. The van der Waals surface area contributed by atoms with Crippen molar-refractivity contribution in [2.75, 3.05) is 0 Å². The second-order valence-corrected chi connectivity index (χ2v) is 6.53. The Morgan fingerprint density at radius 1 is 0.677 bits per heavy atom. The van der Waals surface area contributed by atoms with Crippen molar-refractivity contribution >= 4 is 23.2 Å². The van der Waals surface area contributed by atoms with Gasteiger partial charge in [-0.25, -0.2) is 10.9 Å². The number of nitrogens with one attached hydrogen (secondary N) is 2. The fraction of sp³-hybridized carbons (Fsp3) is 0.0909. The van der Waals surface area contributed by atoms with Crippen LogP contribution in [0.1, 0.15) is 46.1 Å². The molecule has 0 saturated heterocycles. The SMILES string of the molecule is CC(=NNC(=O)c1ccc(C(=O)NN=C(C)c2ccc(O)cc2)o1)c1ccc(O)cc1. The van der Waals surface area contributed by atoms with Crippen LogP contribution in [0.4, 0.5) is 0 Å². The summed E-state index contributed by atoms with van der Waals surface area (Å²) < 4.78 is 5.29. The summed E-state index contributed by atoms with van der Waals surface area (Å²) in [5.74, 6) is -1.17. The van der Waals surface area contributed by atoms with E-state index in [4.69, 9.17) is 4.42 Å². The normalized spacial score (nSPS) is 11.8. The molecule has 1 heterocycles. The van der Waals surface area contributed by atoms with Crippen molar-refractivity contribution in [1.82, 2.24) is 10.9 Å². The lowest BCUT2D eigenvalue weighted by Crippen LogP contribution is -2.20. The largest absolute Gasteiger partial charge is 0.508 e. The van der Waals surface area contributed by atoms with Gasteiger partial charge >= 0.3 is 11.8 Å². The van der Waals surface area contributed by atoms with Gasteiger partial charge in [-0.05, 0) is 85.6 Å².